The van der Waals surface area contributed by atoms with Crippen LogP contribution in [0.4, 0.5) is 0 Å². The number of aliphatic hydroxyl groups excluding tert-OH is 1. The zero-order valence-electron chi connectivity index (χ0n) is 14.0. The van der Waals surface area contributed by atoms with E-state index in [0.717, 1.165) is 16.7 Å². The van der Waals surface area contributed by atoms with Crippen molar-refractivity contribution in [3.63, 3.8) is 0 Å². The zero-order valence-corrected chi connectivity index (χ0v) is 14.0. The van der Waals surface area contributed by atoms with Gasteiger partial charge < -0.3 is 5.11 Å². The Balaban J connectivity index is 1.81. The van der Waals surface area contributed by atoms with Crippen LogP contribution in [-0.4, -0.2) is 22.8 Å². The Labute approximate surface area is 146 Å². The smallest absolute Gasteiger partial charge is 0.194 e. The quantitative estimate of drug-likeness (QED) is 0.915. The summed E-state index contributed by atoms with van der Waals surface area (Å²) in [5.41, 5.74) is 4.54. The highest BCUT2D eigenvalue weighted by Gasteiger charge is 2.38. The fourth-order valence-electron chi connectivity index (χ4n) is 3.71. The average molecular weight is 330 g/mol. The first-order chi connectivity index (χ1) is 12.1. The van der Waals surface area contributed by atoms with E-state index >= 15 is 0 Å². The Morgan fingerprint density at radius 1 is 1.00 bits per heavy atom. The van der Waals surface area contributed by atoms with Crippen LogP contribution < -0.4 is 0 Å². The van der Waals surface area contributed by atoms with Gasteiger partial charge >= 0.3 is 0 Å². The molecular weight excluding hydrogens is 312 g/mol. The summed E-state index contributed by atoms with van der Waals surface area (Å²) in [6, 6.07) is 15.0. The number of Topliss-reactive ketones (excluding diaryl/α,β-unsaturated/α-hetero) is 2. The van der Waals surface area contributed by atoms with Crippen LogP contribution >= 0.6 is 0 Å². The highest BCUT2D eigenvalue weighted by Crippen LogP contribution is 2.37. The highest BCUT2D eigenvalue weighted by atomic mass is 16.3. The number of hydrogen-bond acceptors (Lipinski definition) is 3. The number of benzene rings is 2. The molecule has 0 bridgehead atoms. The molecule has 0 aliphatic heterocycles. The summed E-state index contributed by atoms with van der Waals surface area (Å²) >= 11 is 0. The Bertz CT molecular complexity index is 963. The molecule has 0 unspecified atom stereocenters. The molecule has 2 aliphatic carbocycles. The summed E-state index contributed by atoms with van der Waals surface area (Å²) in [4.78, 5) is 25.9. The largest absolute Gasteiger partial charge is 0.388 e. The van der Waals surface area contributed by atoms with Gasteiger partial charge in [0.2, 0.25) is 0 Å². The van der Waals surface area contributed by atoms with Crippen LogP contribution in [0.15, 0.2) is 71.3 Å². The van der Waals surface area contributed by atoms with Gasteiger partial charge in [-0.3, -0.25) is 9.59 Å². The van der Waals surface area contributed by atoms with E-state index in [2.05, 4.69) is 6.07 Å². The van der Waals surface area contributed by atoms with Gasteiger partial charge in [-0.2, -0.15) is 0 Å². The van der Waals surface area contributed by atoms with Crippen molar-refractivity contribution in [3.05, 3.63) is 93.6 Å². The van der Waals surface area contributed by atoms with Gasteiger partial charge in [-0.15, -0.1) is 0 Å². The summed E-state index contributed by atoms with van der Waals surface area (Å²) in [5, 5.41) is 10.4. The van der Waals surface area contributed by atoms with E-state index < -0.39 is 6.10 Å². The van der Waals surface area contributed by atoms with Gasteiger partial charge in [0.1, 0.15) is 0 Å². The molecule has 1 N–H and O–H groups in total. The van der Waals surface area contributed by atoms with E-state index in [1.807, 2.05) is 31.2 Å². The first-order valence-corrected chi connectivity index (χ1v) is 8.42. The minimum absolute atomic E-state index is 0.164. The van der Waals surface area contributed by atoms with Gasteiger partial charge in [0.05, 0.1) is 6.10 Å². The van der Waals surface area contributed by atoms with E-state index in [-0.39, 0.29) is 17.1 Å². The molecule has 25 heavy (non-hydrogen) atoms. The lowest BCUT2D eigenvalue weighted by Crippen LogP contribution is -2.32. The molecule has 0 radical (unpaired) electrons. The monoisotopic (exact) mass is 330 g/mol. The molecule has 0 spiro atoms. The van der Waals surface area contributed by atoms with Crippen molar-refractivity contribution in [2.75, 3.05) is 0 Å². The number of carbonyl (C=O) groups is 2. The number of carbonyl (C=O) groups excluding carboxylic acids is 2. The normalized spacial score (nSPS) is 19.4. The van der Waals surface area contributed by atoms with Crippen LogP contribution in [0, 0.1) is 6.92 Å². The molecule has 4 rings (SSSR count). The Kier molecular flexibility index (Phi) is 3.74. The van der Waals surface area contributed by atoms with E-state index in [4.69, 9.17) is 0 Å². The Morgan fingerprint density at radius 2 is 1.72 bits per heavy atom. The van der Waals surface area contributed by atoms with Crippen molar-refractivity contribution in [2.45, 2.75) is 25.9 Å². The highest BCUT2D eigenvalue weighted by molar-refractivity contribution is 6.29. The average Bonchev–Trinajstić information content (AvgIpc) is 2.61. The lowest BCUT2D eigenvalue weighted by atomic mass is 9.74. The van der Waals surface area contributed by atoms with Crippen molar-refractivity contribution in [2.24, 2.45) is 0 Å². The summed E-state index contributed by atoms with van der Waals surface area (Å²) in [7, 11) is 0. The second kappa shape index (κ2) is 5.94. The van der Waals surface area contributed by atoms with Crippen molar-refractivity contribution < 1.29 is 14.7 Å². The molecule has 2 aliphatic rings. The number of fused-ring (bicyclic) bond motifs is 1. The number of rotatable bonds is 2. The molecule has 0 fully saturated rings. The minimum Gasteiger partial charge on any atom is -0.388 e. The third-order valence-electron chi connectivity index (χ3n) is 4.88. The second-order valence-corrected chi connectivity index (χ2v) is 6.64. The van der Waals surface area contributed by atoms with Crippen LogP contribution in [0.2, 0.25) is 0 Å². The van der Waals surface area contributed by atoms with Gasteiger partial charge in [-0.05, 0) is 30.9 Å². The number of hydrogen-bond donors (Lipinski definition) is 1. The summed E-state index contributed by atoms with van der Waals surface area (Å²) in [5.74, 6) is -0.393. The van der Waals surface area contributed by atoms with E-state index in [9.17, 15) is 14.7 Å². The van der Waals surface area contributed by atoms with Crippen LogP contribution in [-0.2, 0) is 6.42 Å². The Hall–Kier alpha value is -2.78. The maximum absolute atomic E-state index is 13.0. The second-order valence-electron chi connectivity index (χ2n) is 6.64. The predicted molar refractivity (Wildman–Crippen MR) is 95.7 cm³/mol. The molecule has 3 nitrogen and oxygen atoms in total. The maximum atomic E-state index is 13.0. The van der Waals surface area contributed by atoms with Crippen molar-refractivity contribution >= 4 is 11.6 Å². The molecule has 0 saturated carbocycles. The summed E-state index contributed by atoms with van der Waals surface area (Å²) in [6.45, 7) is 2.03. The lowest BCUT2D eigenvalue weighted by molar-refractivity contribution is 0.0936. The molecule has 3 heteroatoms. The number of aryl methyl sites for hydroxylation is 1. The van der Waals surface area contributed by atoms with E-state index in [1.54, 1.807) is 24.3 Å². The fraction of sp³-hybridized carbons (Fsp3) is 0.182. The van der Waals surface area contributed by atoms with Crippen molar-refractivity contribution in [1.29, 1.82) is 0 Å². The van der Waals surface area contributed by atoms with Gasteiger partial charge in [-0.25, -0.2) is 0 Å². The maximum Gasteiger partial charge on any atom is 0.194 e. The van der Waals surface area contributed by atoms with Gasteiger partial charge in [0.15, 0.2) is 11.6 Å². The molecule has 2 aromatic rings. The zero-order chi connectivity index (χ0) is 17.6. The van der Waals surface area contributed by atoms with Gasteiger partial charge in [-0.1, -0.05) is 60.2 Å². The number of aliphatic hydroxyl groups is 1. The third-order valence-corrected chi connectivity index (χ3v) is 4.88. The molecular formula is C22H18O3. The number of allylic oxidation sites excluding steroid dienone is 2. The molecule has 0 amide bonds. The molecule has 0 saturated heterocycles. The Morgan fingerprint density at radius 3 is 2.44 bits per heavy atom. The molecule has 124 valence electrons. The summed E-state index contributed by atoms with van der Waals surface area (Å²) < 4.78 is 0. The van der Waals surface area contributed by atoms with Crippen LogP contribution in [0.3, 0.4) is 0 Å². The molecule has 2 aromatic carbocycles. The standard InChI is InChI=1S/C22H18O3/c1-13-5-4-6-14(11-13)12-15-9-10-18(23)20-19(15)21(24)16-7-2-3-8-17(16)22(20)25/h2-9,11,18,23H,10,12H2,1H3/t18-/m0/s1. The topological polar surface area (TPSA) is 54.4 Å². The minimum atomic E-state index is -0.916. The van der Waals surface area contributed by atoms with Crippen molar-refractivity contribution in [3.8, 4) is 0 Å². The SMILES string of the molecule is Cc1cccc(CC2=CC[C@H](O)C3=C2C(=O)c2ccccc2C3=O)c1. The molecule has 1 atom stereocenters. The van der Waals surface area contributed by atoms with Crippen LogP contribution in [0.1, 0.15) is 38.3 Å². The van der Waals surface area contributed by atoms with Crippen LogP contribution in [0.25, 0.3) is 0 Å². The first kappa shape index (κ1) is 15.7. The first-order valence-electron chi connectivity index (χ1n) is 8.42. The van der Waals surface area contributed by atoms with Crippen molar-refractivity contribution in [1.82, 2.24) is 0 Å². The lowest BCUT2D eigenvalue weighted by Gasteiger charge is -2.28. The molecule has 0 aromatic heterocycles. The van der Waals surface area contributed by atoms with E-state index in [0.29, 0.717) is 29.5 Å². The van der Waals surface area contributed by atoms with Crippen LogP contribution in [0.5, 0.6) is 0 Å². The van der Waals surface area contributed by atoms with E-state index in [1.165, 1.54) is 0 Å². The predicted octanol–water partition coefficient (Wildman–Crippen LogP) is 3.60. The third kappa shape index (κ3) is 2.57. The molecule has 0 heterocycles. The summed E-state index contributed by atoms with van der Waals surface area (Å²) in [6.07, 6.45) is 1.92. The fourth-order valence-corrected chi connectivity index (χ4v) is 3.71. The number of ketones is 2. The van der Waals surface area contributed by atoms with Gasteiger partial charge in [0.25, 0.3) is 0 Å². The van der Waals surface area contributed by atoms with Gasteiger partial charge in [0, 0.05) is 22.3 Å².